The molecule has 0 fully saturated rings. The number of allylic oxidation sites excluding steroid dienone is 1. The Balaban J connectivity index is 1.83. The van der Waals surface area contributed by atoms with E-state index in [9.17, 15) is 9.90 Å². The summed E-state index contributed by atoms with van der Waals surface area (Å²) in [6, 6.07) is 14.1. The molecule has 0 N–H and O–H groups in total. The second-order valence-corrected chi connectivity index (χ2v) is 6.81. The number of carbonyl (C=O) groups is 1. The van der Waals surface area contributed by atoms with Gasteiger partial charge < -0.3 is 9.90 Å². The summed E-state index contributed by atoms with van der Waals surface area (Å²) in [4.78, 5) is 10.8. The maximum Gasteiger partial charge on any atom is 0.192 e. The monoisotopic (exact) mass is 384 g/mol. The zero-order valence-electron chi connectivity index (χ0n) is 13.8. The second-order valence-electron chi connectivity index (χ2n) is 5.46. The molecule has 0 bridgehead atoms. The van der Waals surface area contributed by atoms with Gasteiger partial charge in [-0.25, -0.2) is 0 Å². The van der Waals surface area contributed by atoms with E-state index in [1.807, 2.05) is 28.8 Å². The van der Waals surface area contributed by atoms with Gasteiger partial charge in [-0.2, -0.15) is 0 Å². The van der Waals surface area contributed by atoms with Crippen LogP contribution >= 0.6 is 23.4 Å². The predicted molar refractivity (Wildman–Crippen MR) is 101 cm³/mol. The van der Waals surface area contributed by atoms with Crippen LogP contribution in [0, 0.1) is 0 Å². The fourth-order valence-electron chi connectivity index (χ4n) is 2.42. The van der Waals surface area contributed by atoms with Crippen molar-refractivity contribution in [2.75, 3.05) is 0 Å². The molecule has 0 aliphatic heterocycles. The zero-order valence-corrected chi connectivity index (χ0v) is 15.3. The SMILES string of the molecule is C=CCn1c(SCc2ccc(C(=O)[O-])cc2)nnc1-c1ccccc1Cl. The zero-order chi connectivity index (χ0) is 18.5. The molecule has 0 unspecified atom stereocenters. The van der Waals surface area contributed by atoms with E-state index in [4.69, 9.17) is 11.6 Å². The van der Waals surface area contributed by atoms with Crippen LogP contribution in [0.15, 0.2) is 66.3 Å². The number of halogens is 1. The van der Waals surface area contributed by atoms with E-state index in [1.165, 1.54) is 23.9 Å². The molecule has 132 valence electrons. The number of carboxylic acid groups (broad SMARTS) is 1. The first-order valence-electron chi connectivity index (χ1n) is 7.82. The number of aromatic carboxylic acids is 1. The average Bonchev–Trinajstić information content (AvgIpc) is 3.03. The molecule has 2 aromatic carbocycles. The minimum absolute atomic E-state index is 0.162. The fourth-order valence-corrected chi connectivity index (χ4v) is 3.54. The normalized spacial score (nSPS) is 10.7. The van der Waals surface area contributed by atoms with Gasteiger partial charge in [0, 0.05) is 17.9 Å². The van der Waals surface area contributed by atoms with E-state index in [-0.39, 0.29) is 5.56 Å². The number of aromatic nitrogens is 3. The van der Waals surface area contributed by atoms with Crippen molar-refractivity contribution < 1.29 is 9.90 Å². The van der Waals surface area contributed by atoms with Crippen LogP contribution in [0.5, 0.6) is 0 Å². The Labute approximate surface area is 160 Å². The molecule has 1 heterocycles. The summed E-state index contributed by atoms with van der Waals surface area (Å²) in [5.41, 5.74) is 1.95. The summed E-state index contributed by atoms with van der Waals surface area (Å²) in [6.07, 6.45) is 1.78. The van der Waals surface area contributed by atoms with Gasteiger partial charge in [-0.15, -0.1) is 16.8 Å². The summed E-state index contributed by atoms with van der Waals surface area (Å²) in [5, 5.41) is 20.7. The van der Waals surface area contributed by atoms with Gasteiger partial charge in [0.05, 0.1) is 11.0 Å². The van der Waals surface area contributed by atoms with E-state index in [0.717, 1.165) is 16.3 Å². The topological polar surface area (TPSA) is 70.8 Å². The second kappa shape index (κ2) is 8.21. The van der Waals surface area contributed by atoms with Crippen LogP contribution < -0.4 is 5.11 Å². The van der Waals surface area contributed by atoms with Crippen molar-refractivity contribution in [2.45, 2.75) is 17.5 Å². The lowest BCUT2D eigenvalue weighted by Gasteiger charge is -2.09. The highest BCUT2D eigenvalue weighted by Crippen LogP contribution is 2.30. The molecule has 0 saturated carbocycles. The first-order chi connectivity index (χ1) is 12.6. The Morgan fingerprint density at radius 3 is 2.58 bits per heavy atom. The van der Waals surface area contributed by atoms with Crippen molar-refractivity contribution in [3.8, 4) is 11.4 Å². The largest absolute Gasteiger partial charge is 0.545 e. The molecule has 0 atom stereocenters. The maximum absolute atomic E-state index is 10.8. The quantitative estimate of drug-likeness (QED) is 0.461. The number of thioether (sulfide) groups is 1. The molecule has 7 heteroatoms. The third kappa shape index (κ3) is 3.98. The molecule has 3 aromatic rings. The average molecular weight is 385 g/mol. The summed E-state index contributed by atoms with van der Waals surface area (Å²) >= 11 is 7.80. The van der Waals surface area contributed by atoms with Crippen molar-refractivity contribution in [1.29, 1.82) is 0 Å². The van der Waals surface area contributed by atoms with Crippen LogP contribution in [0.1, 0.15) is 15.9 Å². The lowest BCUT2D eigenvalue weighted by atomic mass is 10.1. The van der Waals surface area contributed by atoms with Crippen molar-refractivity contribution in [3.63, 3.8) is 0 Å². The van der Waals surface area contributed by atoms with Crippen LogP contribution in [0.2, 0.25) is 5.02 Å². The Morgan fingerprint density at radius 1 is 1.19 bits per heavy atom. The van der Waals surface area contributed by atoms with Crippen LogP contribution in [-0.2, 0) is 12.3 Å². The lowest BCUT2D eigenvalue weighted by molar-refractivity contribution is -0.255. The standard InChI is InChI=1S/C19H16ClN3O2S/c1-2-11-23-17(15-5-3-4-6-16(15)20)21-22-19(23)26-12-13-7-9-14(10-8-13)18(24)25/h2-10H,1,11-12H2,(H,24,25)/p-1. The highest BCUT2D eigenvalue weighted by atomic mass is 35.5. The van der Waals surface area contributed by atoms with Crippen molar-refractivity contribution in [1.82, 2.24) is 14.8 Å². The summed E-state index contributed by atoms with van der Waals surface area (Å²) in [6.45, 7) is 4.35. The van der Waals surface area contributed by atoms with E-state index < -0.39 is 5.97 Å². The Bertz CT molecular complexity index is 938. The molecular weight excluding hydrogens is 370 g/mol. The molecule has 0 spiro atoms. The molecule has 5 nitrogen and oxygen atoms in total. The Morgan fingerprint density at radius 2 is 1.92 bits per heavy atom. The Kier molecular flexibility index (Phi) is 5.75. The summed E-state index contributed by atoms with van der Waals surface area (Å²) in [5.74, 6) is 0.134. The highest BCUT2D eigenvalue weighted by Gasteiger charge is 2.15. The van der Waals surface area contributed by atoms with Crippen molar-refractivity contribution in [3.05, 3.63) is 77.3 Å². The summed E-state index contributed by atoms with van der Waals surface area (Å²) in [7, 11) is 0. The van der Waals surface area contributed by atoms with Gasteiger partial charge in [-0.1, -0.05) is 65.8 Å². The van der Waals surface area contributed by atoms with Crippen molar-refractivity contribution in [2.24, 2.45) is 0 Å². The van der Waals surface area contributed by atoms with Crippen LogP contribution in [0.4, 0.5) is 0 Å². The van der Waals surface area contributed by atoms with Gasteiger partial charge in [0.2, 0.25) is 0 Å². The predicted octanol–water partition coefficient (Wildman–Crippen LogP) is 3.44. The third-order valence-corrected chi connectivity index (χ3v) is 5.07. The van der Waals surface area contributed by atoms with Gasteiger partial charge >= 0.3 is 0 Å². The van der Waals surface area contributed by atoms with Gasteiger partial charge in [0.25, 0.3) is 0 Å². The lowest BCUT2D eigenvalue weighted by Crippen LogP contribution is -2.21. The number of benzene rings is 2. The van der Waals surface area contributed by atoms with Crippen LogP contribution in [-0.4, -0.2) is 20.7 Å². The molecule has 0 aliphatic rings. The van der Waals surface area contributed by atoms with E-state index in [0.29, 0.717) is 23.1 Å². The van der Waals surface area contributed by atoms with E-state index >= 15 is 0 Å². The smallest absolute Gasteiger partial charge is 0.192 e. The van der Waals surface area contributed by atoms with E-state index in [2.05, 4.69) is 16.8 Å². The van der Waals surface area contributed by atoms with Gasteiger partial charge in [-0.3, -0.25) is 4.57 Å². The number of nitrogens with zero attached hydrogens (tertiary/aromatic N) is 3. The molecule has 3 rings (SSSR count). The number of hydrogen-bond donors (Lipinski definition) is 0. The van der Waals surface area contributed by atoms with E-state index in [1.54, 1.807) is 18.2 Å². The summed E-state index contributed by atoms with van der Waals surface area (Å²) < 4.78 is 1.95. The molecule has 1 aromatic heterocycles. The first-order valence-corrected chi connectivity index (χ1v) is 9.18. The Hall–Kier alpha value is -2.57. The minimum Gasteiger partial charge on any atom is -0.545 e. The molecule has 26 heavy (non-hydrogen) atoms. The number of carbonyl (C=O) groups excluding carboxylic acids is 1. The molecule has 0 aliphatic carbocycles. The minimum atomic E-state index is -1.18. The number of rotatable bonds is 7. The van der Waals surface area contributed by atoms with Crippen LogP contribution in [0.25, 0.3) is 11.4 Å². The first kappa shape index (κ1) is 18.2. The maximum atomic E-state index is 10.8. The molecule has 0 amide bonds. The third-order valence-electron chi connectivity index (χ3n) is 3.70. The van der Waals surface area contributed by atoms with Gasteiger partial charge in [-0.05, 0) is 23.3 Å². The molecular formula is C19H15ClN3O2S-. The van der Waals surface area contributed by atoms with Crippen molar-refractivity contribution >= 4 is 29.3 Å². The molecule has 0 radical (unpaired) electrons. The fraction of sp³-hybridized carbons (Fsp3) is 0.105. The van der Waals surface area contributed by atoms with Gasteiger partial charge in [0.1, 0.15) is 0 Å². The number of carboxylic acids is 1. The van der Waals surface area contributed by atoms with Gasteiger partial charge in [0.15, 0.2) is 11.0 Å². The highest BCUT2D eigenvalue weighted by molar-refractivity contribution is 7.98. The number of hydrogen-bond acceptors (Lipinski definition) is 5. The van der Waals surface area contributed by atoms with Crippen LogP contribution in [0.3, 0.4) is 0 Å². The molecule has 0 saturated heterocycles.